The highest BCUT2D eigenvalue weighted by molar-refractivity contribution is 5.95. The Morgan fingerprint density at radius 1 is 1.17 bits per heavy atom. The summed E-state index contributed by atoms with van der Waals surface area (Å²) >= 11 is 0. The minimum atomic E-state index is -0.136. The molecule has 0 unspecified atom stereocenters. The summed E-state index contributed by atoms with van der Waals surface area (Å²) in [5.74, 6) is 6.54. The summed E-state index contributed by atoms with van der Waals surface area (Å²) in [6.45, 7) is 0.281. The first-order valence-electron chi connectivity index (χ1n) is 7.29. The second kappa shape index (κ2) is 7.90. The molecule has 0 aliphatic rings. The van der Waals surface area contributed by atoms with Gasteiger partial charge in [0, 0.05) is 25.3 Å². The van der Waals surface area contributed by atoms with Gasteiger partial charge < -0.3 is 15.0 Å². The standard InChI is InChI=1S/C19H20N2O2/c1-21(2)17-11-6-9-16(14-17)19(22)20-13-7-10-15-8-4-5-12-18(15)23-3/h4-6,8-9,11-12,14H,13H2,1-3H3,(H,20,22). The van der Waals surface area contributed by atoms with Crippen molar-refractivity contribution in [2.75, 3.05) is 32.6 Å². The largest absolute Gasteiger partial charge is 0.495 e. The summed E-state index contributed by atoms with van der Waals surface area (Å²) in [5.41, 5.74) is 2.41. The molecule has 4 nitrogen and oxygen atoms in total. The van der Waals surface area contributed by atoms with Crippen LogP contribution in [0.5, 0.6) is 5.75 Å². The van der Waals surface area contributed by atoms with Crippen LogP contribution in [0.3, 0.4) is 0 Å². The maximum Gasteiger partial charge on any atom is 0.252 e. The van der Waals surface area contributed by atoms with E-state index in [4.69, 9.17) is 4.74 Å². The fourth-order valence-electron chi connectivity index (χ4n) is 2.04. The van der Waals surface area contributed by atoms with Crippen LogP contribution in [0.4, 0.5) is 5.69 Å². The van der Waals surface area contributed by atoms with Gasteiger partial charge in [0.25, 0.3) is 5.91 Å². The number of hydrogen-bond donors (Lipinski definition) is 1. The van der Waals surface area contributed by atoms with Crippen LogP contribution in [0.2, 0.25) is 0 Å². The van der Waals surface area contributed by atoms with E-state index in [9.17, 15) is 4.79 Å². The minimum Gasteiger partial charge on any atom is -0.495 e. The predicted molar refractivity (Wildman–Crippen MR) is 93.0 cm³/mol. The Balaban J connectivity index is 1.98. The van der Waals surface area contributed by atoms with E-state index in [1.165, 1.54) is 0 Å². The highest BCUT2D eigenvalue weighted by atomic mass is 16.5. The van der Waals surface area contributed by atoms with Crippen LogP contribution in [0.15, 0.2) is 48.5 Å². The Bertz CT molecular complexity index is 742. The Kier molecular flexibility index (Phi) is 5.65. The van der Waals surface area contributed by atoms with Crippen molar-refractivity contribution in [1.29, 1.82) is 0 Å². The first-order valence-corrected chi connectivity index (χ1v) is 7.29. The molecule has 4 heteroatoms. The van der Waals surface area contributed by atoms with Gasteiger partial charge in [0.1, 0.15) is 5.75 Å². The molecule has 2 rings (SSSR count). The van der Waals surface area contributed by atoms with Crippen molar-refractivity contribution < 1.29 is 9.53 Å². The summed E-state index contributed by atoms with van der Waals surface area (Å²) in [5, 5.41) is 2.80. The molecule has 0 radical (unpaired) electrons. The van der Waals surface area contributed by atoms with Gasteiger partial charge in [-0.15, -0.1) is 0 Å². The zero-order chi connectivity index (χ0) is 16.7. The number of amides is 1. The molecule has 23 heavy (non-hydrogen) atoms. The first-order chi connectivity index (χ1) is 11.1. The third kappa shape index (κ3) is 4.52. The number of anilines is 1. The molecule has 0 heterocycles. The van der Waals surface area contributed by atoms with E-state index in [0.29, 0.717) is 5.56 Å². The summed E-state index contributed by atoms with van der Waals surface area (Å²) in [6, 6.07) is 15.0. The fourth-order valence-corrected chi connectivity index (χ4v) is 2.04. The van der Waals surface area contributed by atoms with Crippen molar-refractivity contribution >= 4 is 11.6 Å². The third-order valence-corrected chi connectivity index (χ3v) is 3.29. The number of carbonyl (C=O) groups excluding carboxylic acids is 1. The van der Waals surface area contributed by atoms with Gasteiger partial charge in [-0.3, -0.25) is 4.79 Å². The van der Waals surface area contributed by atoms with Gasteiger partial charge in [-0.25, -0.2) is 0 Å². The van der Waals surface area contributed by atoms with E-state index < -0.39 is 0 Å². The van der Waals surface area contributed by atoms with Crippen LogP contribution < -0.4 is 15.0 Å². The van der Waals surface area contributed by atoms with Gasteiger partial charge in [0.2, 0.25) is 0 Å². The molecule has 2 aromatic rings. The molecular formula is C19H20N2O2. The van der Waals surface area contributed by atoms with Crippen LogP contribution in [0, 0.1) is 11.8 Å². The SMILES string of the molecule is COc1ccccc1C#CCNC(=O)c1cccc(N(C)C)c1. The third-order valence-electron chi connectivity index (χ3n) is 3.29. The van der Waals surface area contributed by atoms with E-state index in [1.807, 2.05) is 61.5 Å². The molecule has 0 fully saturated rings. The molecule has 0 aliphatic heterocycles. The molecule has 0 aliphatic carbocycles. The molecule has 0 bridgehead atoms. The van der Waals surface area contributed by atoms with Crippen LogP contribution in [0.1, 0.15) is 15.9 Å². The first kappa shape index (κ1) is 16.4. The Labute approximate surface area is 137 Å². The van der Waals surface area contributed by atoms with Crippen molar-refractivity contribution in [2.45, 2.75) is 0 Å². The van der Waals surface area contributed by atoms with Crippen molar-refractivity contribution in [2.24, 2.45) is 0 Å². The molecule has 0 saturated carbocycles. The minimum absolute atomic E-state index is 0.136. The van der Waals surface area contributed by atoms with Crippen molar-refractivity contribution in [3.8, 4) is 17.6 Å². The zero-order valence-electron chi connectivity index (χ0n) is 13.6. The van der Waals surface area contributed by atoms with Crippen molar-refractivity contribution in [1.82, 2.24) is 5.32 Å². The lowest BCUT2D eigenvalue weighted by Crippen LogP contribution is -2.23. The molecule has 0 saturated heterocycles. The highest BCUT2D eigenvalue weighted by Crippen LogP contribution is 2.15. The van der Waals surface area contributed by atoms with Gasteiger partial charge in [-0.05, 0) is 30.3 Å². The molecule has 2 aromatic carbocycles. The maximum atomic E-state index is 12.1. The Hall–Kier alpha value is -2.93. The number of nitrogens with zero attached hydrogens (tertiary/aromatic N) is 1. The van der Waals surface area contributed by atoms with Gasteiger partial charge in [-0.2, -0.15) is 0 Å². The number of para-hydroxylation sites is 1. The summed E-state index contributed by atoms with van der Waals surface area (Å²) < 4.78 is 5.23. The zero-order valence-corrected chi connectivity index (χ0v) is 13.6. The summed E-state index contributed by atoms with van der Waals surface area (Å²) in [4.78, 5) is 14.1. The van der Waals surface area contributed by atoms with Crippen molar-refractivity contribution in [3.05, 3.63) is 59.7 Å². The second-order valence-electron chi connectivity index (χ2n) is 5.13. The molecule has 0 spiro atoms. The Morgan fingerprint density at radius 3 is 2.70 bits per heavy atom. The molecule has 118 valence electrons. The fraction of sp³-hybridized carbons (Fsp3) is 0.211. The van der Waals surface area contributed by atoms with Crippen LogP contribution >= 0.6 is 0 Å². The van der Waals surface area contributed by atoms with Crippen molar-refractivity contribution in [3.63, 3.8) is 0 Å². The van der Waals surface area contributed by atoms with Gasteiger partial charge in [0.15, 0.2) is 0 Å². The molecule has 0 atom stereocenters. The lowest BCUT2D eigenvalue weighted by molar-refractivity contribution is 0.0958. The lowest BCUT2D eigenvalue weighted by atomic mass is 10.2. The molecular weight excluding hydrogens is 288 g/mol. The average molecular weight is 308 g/mol. The average Bonchev–Trinajstić information content (AvgIpc) is 2.59. The van der Waals surface area contributed by atoms with Gasteiger partial charge in [-0.1, -0.05) is 30.0 Å². The van der Waals surface area contributed by atoms with E-state index in [1.54, 1.807) is 13.2 Å². The smallest absolute Gasteiger partial charge is 0.252 e. The van der Waals surface area contributed by atoms with Crippen LogP contribution in [0.25, 0.3) is 0 Å². The number of ether oxygens (including phenoxy) is 1. The van der Waals surface area contributed by atoms with Crippen LogP contribution in [-0.2, 0) is 0 Å². The van der Waals surface area contributed by atoms with E-state index in [2.05, 4.69) is 17.2 Å². The van der Waals surface area contributed by atoms with E-state index in [0.717, 1.165) is 17.0 Å². The maximum absolute atomic E-state index is 12.1. The number of hydrogen-bond acceptors (Lipinski definition) is 3. The molecule has 1 N–H and O–H groups in total. The molecule has 1 amide bonds. The van der Waals surface area contributed by atoms with E-state index in [-0.39, 0.29) is 12.5 Å². The van der Waals surface area contributed by atoms with Gasteiger partial charge >= 0.3 is 0 Å². The lowest BCUT2D eigenvalue weighted by Gasteiger charge is -2.13. The van der Waals surface area contributed by atoms with Crippen LogP contribution in [-0.4, -0.2) is 33.7 Å². The second-order valence-corrected chi connectivity index (χ2v) is 5.13. The normalized spacial score (nSPS) is 9.52. The number of methoxy groups -OCH3 is 1. The monoisotopic (exact) mass is 308 g/mol. The predicted octanol–water partition coefficient (Wildman–Crippen LogP) is 2.54. The number of benzene rings is 2. The topological polar surface area (TPSA) is 41.6 Å². The highest BCUT2D eigenvalue weighted by Gasteiger charge is 2.05. The van der Waals surface area contributed by atoms with E-state index >= 15 is 0 Å². The summed E-state index contributed by atoms with van der Waals surface area (Å²) in [7, 11) is 5.49. The van der Waals surface area contributed by atoms with Gasteiger partial charge in [0.05, 0.1) is 19.2 Å². The Morgan fingerprint density at radius 2 is 1.96 bits per heavy atom. The number of nitrogens with one attached hydrogen (secondary N) is 1. The number of carbonyl (C=O) groups is 1. The number of rotatable bonds is 4. The quantitative estimate of drug-likeness (QED) is 0.883. The summed E-state index contributed by atoms with van der Waals surface area (Å²) in [6.07, 6.45) is 0. The molecule has 0 aromatic heterocycles.